The zero-order chi connectivity index (χ0) is 25.9. The second-order valence-electron chi connectivity index (χ2n) is 10.8. The van der Waals surface area contributed by atoms with Crippen molar-refractivity contribution in [3.05, 3.63) is 82.6 Å². The number of aryl methyl sites for hydroxylation is 2. The predicted octanol–water partition coefficient (Wildman–Crippen LogP) is 12.3. The van der Waals surface area contributed by atoms with Crippen molar-refractivity contribution in [1.29, 1.82) is 0 Å². The molecule has 0 aliphatic rings. The Labute approximate surface area is 235 Å². The maximum atomic E-state index is 2.39. The summed E-state index contributed by atoms with van der Waals surface area (Å²) < 4.78 is 0. The van der Waals surface area contributed by atoms with Crippen molar-refractivity contribution < 1.29 is 0 Å². The first kappa shape index (κ1) is 25.6. The lowest BCUT2D eigenvalue weighted by atomic mass is 9.89. The van der Waals surface area contributed by atoms with Gasteiger partial charge in [0.05, 0.1) is 0 Å². The summed E-state index contributed by atoms with van der Waals surface area (Å²) >= 11 is 3.98. The molecule has 0 saturated heterocycles. The summed E-state index contributed by atoms with van der Waals surface area (Å²) in [5, 5.41) is 8.32. The monoisotopic (exact) mass is 534 g/mol. The van der Waals surface area contributed by atoms with Crippen LogP contribution in [0.1, 0.15) is 75.0 Å². The van der Waals surface area contributed by atoms with Crippen molar-refractivity contribution in [1.82, 2.24) is 0 Å². The molecule has 0 fully saturated rings. The van der Waals surface area contributed by atoms with Gasteiger partial charge in [-0.05, 0) is 93.4 Å². The average Bonchev–Trinajstić information content (AvgIpc) is 3.62. The Kier molecular flexibility index (Phi) is 7.81. The molecular weight excluding hydrogens is 497 g/mol. The first-order chi connectivity index (χ1) is 18.8. The SMILES string of the molecule is CCCCCCc1ccc(-c2ccc3ccc4ccc(-c5ccc(CCCCCC)s5)c5ccc2c3c45)s1. The van der Waals surface area contributed by atoms with Gasteiger partial charge in [-0.1, -0.05) is 101 Å². The van der Waals surface area contributed by atoms with Crippen LogP contribution in [0.4, 0.5) is 0 Å². The van der Waals surface area contributed by atoms with Gasteiger partial charge in [0.1, 0.15) is 0 Å². The van der Waals surface area contributed by atoms with E-state index in [0.29, 0.717) is 0 Å². The quantitative estimate of drug-likeness (QED) is 0.108. The number of unbranched alkanes of at least 4 members (excludes halogenated alkanes) is 6. The van der Waals surface area contributed by atoms with Gasteiger partial charge >= 0.3 is 0 Å². The topological polar surface area (TPSA) is 0 Å². The minimum atomic E-state index is 1.21. The lowest BCUT2D eigenvalue weighted by Crippen LogP contribution is -1.88. The van der Waals surface area contributed by atoms with E-state index in [1.54, 1.807) is 0 Å². The molecule has 0 aliphatic heterocycles. The van der Waals surface area contributed by atoms with Crippen molar-refractivity contribution in [3.8, 4) is 20.9 Å². The van der Waals surface area contributed by atoms with Crippen LogP contribution in [0.3, 0.4) is 0 Å². The van der Waals surface area contributed by atoms with E-state index >= 15 is 0 Å². The maximum absolute atomic E-state index is 2.39. The van der Waals surface area contributed by atoms with Crippen molar-refractivity contribution in [2.45, 2.75) is 78.1 Å². The van der Waals surface area contributed by atoms with Crippen molar-refractivity contribution in [3.63, 3.8) is 0 Å². The zero-order valence-corrected chi connectivity index (χ0v) is 24.4. The highest BCUT2D eigenvalue weighted by Gasteiger charge is 2.16. The lowest BCUT2D eigenvalue weighted by molar-refractivity contribution is 0.670. The standard InChI is InChI=1S/C36H38S2/c1-3-5-7-9-11-27-17-23-33(37-27)29-19-15-25-13-14-26-16-20-30(32-22-21-31(29)35(25)36(26)32)34-24-18-28(38-34)12-10-8-6-4-2/h13-24H,3-12H2,1-2H3. The van der Waals surface area contributed by atoms with Crippen molar-refractivity contribution in [2.24, 2.45) is 0 Å². The average molecular weight is 535 g/mol. The molecule has 2 heterocycles. The van der Waals surface area contributed by atoms with Crippen LogP contribution in [0.5, 0.6) is 0 Å². The number of benzene rings is 4. The molecule has 6 rings (SSSR count). The van der Waals surface area contributed by atoms with E-state index in [9.17, 15) is 0 Å². The molecule has 0 saturated carbocycles. The van der Waals surface area contributed by atoms with E-state index in [-0.39, 0.29) is 0 Å². The molecule has 4 aromatic carbocycles. The van der Waals surface area contributed by atoms with E-state index in [2.05, 4.69) is 86.6 Å². The van der Waals surface area contributed by atoms with E-state index < -0.39 is 0 Å². The first-order valence-electron chi connectivity index (χ1n) is 14.7. The maximum Gasteiger partial charge on any atom is 0.0351 e. The third kappa shape index (κ3) is 5.01. The Balaban J connectivity index is 1.38. The fourth-order valence-electron chi connectivity index (χ4n) is 6.00. The summed E-state index contributed by atoms with van der Waals surface area (Å²) in [7, 11) is 0. The second kappa shape index (κ2) is 11.6. The fraction of sp³-hybridized carbons (Fsp3) is 0.333. The first-order valence-corrected chi connectivity index (χ1v) is 16.3. The van der Waals surface area contributed by atoms with Gasteiger partial charge in [0.25, 0.3) is 0 Å². The van der Waals surface area contributed by atoms with Gasteiger partial charge in [-0.25, -0.2) is 0 Å². The minimum absolute atomic E-state index is 1.21. The molecule has 194 valence electrons. The lowest BCUT2D eigenvalue weighted by Gasteiger charge is -2.15. The van der Waals surface area contributed by atoms with Crippen LogP contribution in [-0.2, 0) is 12.8 Å². The molecule has 0 aliphatic carbocycles. The van der Waals surface area contributed by atoms with Gasteiger partial charge in [-0.3, -0.25) is 0 Å². The predicted molar refractivity (Wildman–Crippen MR) is 172 cm³/mol. The molecular formula is C36H38S2. The second-order valence-corrected chi connectivity index (χ2v) is 13.1. The smallest absolute Gasteiger partial charge is 0.0351 e. The molecule has 0 amide bonds. The summed E-state index contributed by atoms with van der Waals surface area (Å²) in [4.78, 5) is 5.85. The zero-order valence-electron chi connectivity index (χ0n) is 22.8. The molecule has 0 unspecified atom stereocenters. The van der Waals surface area contributed by atoms with E-state index in [1.165, 1.54) is 127 Å². The highest BCUT2D eigenvalue weighted by molar-refractivity contribution is 7.16. The summed E-state index contributed by atoms with van der Waals surface area (Å²) in [6, 6.07) is 28.2. The summed E-state index contributed by atoms with van der Waals surface area (Å²) in [5.74, 6) is 0. The van der Waals surface area contributed by atoms with Gasteiger partial charge in [0.15, 0.2) is 0 Å². The van der Waals surface area contributed by atoms with Crippen LogP contribution in [0.2, 0.25) is 0 Å². The van der Waals surface area contributed by atoms with Gasteiger partial charge in [-0.2, -0.15) is 0 Å². The normalized spacial score (nSPS) is 11.9. The van der Waals surface area contributed by atoms with Crippen LogP contribution in [-0.4, -0.2) is 0 Å². The molecule has 38 heavy (non-hydrogen) atoms. The Hall–Kier alpha value is -2.68. The van der Waals surface area contributed by atoms with Crippen LogP contribution in [0, 0.1) is 0 Å². The molecule has 6 aromatic rings. The van der Waals surface area contributed by atoms with Crippen LogP contribution >= 0.6 is 22.7 Å². The fourth-order valence-corrected chi connectivity index (χ4v) is 8.17. The van der Waals surface area contributed by atoms with Crippen LogP contribution in [0.25, 0.3) is 53.2 Å². The molecule has 0 nitrogen and oxygen atoms in total. The number of thiophene rings is 2. The highest BCUT2D eigenvalue weighted by atomic mass is 32.1. The third-order valence-electron chi connectivity index (χ3n) is 8.07. The van der Waals surface area contributed by atoms with Crippen LogP contribution < -0.4 is 0 Å². The highest BCUT2D eigenvalue weighted by Crippen LogP contribution is 2.44. The largest absolute Gasteiger partial charge is 0.140 e. The van der Waals surface area contributed by atoms with Crippen molar-refractivity contribution >= 4 is 55.0 Å². The molecule has 0 bridgehead atoms. The summed E-state index contributed by atoms with van der Waals surface area (Å²) in [6.45, 7) is 4.57. The molecule has 0 atom stereocenters. The van der Waals surface area contributed by atoms with Gasteiger partial charge in [-0.15, -0.1) is 22.7 Å². The molecule has 0 radical (unpaired) electrons. The summed E-state index contributed by atoms with van der Waals surface area (Å²) in [5.41, 5.74) is 2.76. The number of hydrogen-bond acceptors (Lipinski definition) is 2. The molecule has 0 N–H and O–H groups in total. The Morgan fingerprint density at radius 2 is 0.895 bits per heavy atom. The van der Waals surface area contributed by atoms with Crippen LogP contribution in [0.15, 0.2) is 72.8 Å². The van der Waals surface area contributed by atoms with Gasteiger partial charge in [0, 0.05) is 19.5 Å². The molecule has 2 aromatic heterocycles. The Morgan fingerprint density at radius 3 is 1.34 bits per heavy atom. The van der Waals surface area contributed by atoms with Gasteiger partial charge < -0.3 is 0 Å². The minimum Gasteiger partial charge on any atom is -0.140 e. The third-order valence-corrected chi connectivity index (χ3v) is 10.4. The Morgan fingerprint density at radius 1 is 0.447 bits per heavy atom. The summed E-state index contributed by atoms with van der Waals surface area (Å²) in [6.07, 6.45) is 13.0. The number of rotatable bonds is 12. The van der Waals surface area contributed by atoms with E-state index in [4.69, 9.17) is 0 Å². The van der Waals surface area contributed by atoms with Crippen molar-refractivity contribution in [2.75, 3.05) is 0 Å². The Bertz CT molecular complexity index is 1520. The van der Waals surface area contributed by atoms with E-state index in [0.717, 1.165) is 0 Å². The van der Waals surface area contributed by atoms with Gasteiger partial charge in [0.2, 0.25) is 0 Å². The number of hydrogen-bond donors (Lipinski definition) is 0. The van der Waals surface area contributed by atoms with E-state index in [1.807, 2.05) is 22.7 Å². The molecule has 0 spiro atoms. The molecule has 2 heteroatoms.